The summed E-state index contributed by atoms with van der Waals surface area (Å²) in [6.07, 6.45) is 1.56. The zero-order valence-corrected chi connectivity index (χ0v) is 8.26. The van der Waals surface area contributed by atoms with Gasteiger partial charge in [-0.1, -0.05) is 13.8 Å². The molecule has 0 saturated heterocycles. The largest absolute Gasteiger partial charge is 0.369 e. The number of amides is 1. The van der Waals surface area contributed by atoms with Gasteiger partial charge in [-0.15, -0.1) is 0 Å². The van der Waals surface area contributed by atoms with Crippen molar-refractivity contribution in [2.45, 2.75) is 20.3 Å². The average molecular weight is 197 g/mol. The predicted octanol–water partition coefficient (Wildman–Crippen LogP) is 0.0218. The van der Waals surface area contributed by atoms with E-state index in [1.807, 2.05) is 13.8 Å². The van der Waals surface area contributed by atoms with Crippen LogP contribution in [-0.4, -0.2) is 25.1 Å². The maximum absolute atomic E-state index is 10.2. The monoisotopic (exact) mass is 197 g/mol. The highest BCUT2D eigenvalue weighted by molar-refractivity contribution is 7.85. The van der Waals surface area contributed by atoms with Crippen LogP contribution >= 0.6 is 0 Å². The molecular formula is C6H15NO4S. The van der Waals surface area contributed by atoms with Crippen LogP contribution < -0.4 is 5.73 Å². The van der Waals surface area contributed by atoms with E-state index in [1.165, 1.54) is 0 Å². The number of hydrogen-bond donors (Lipinski definition) is 2. The molecule has 0 spiro atoms. The third kappa shape index (κ3) is 22.8. The molecule has 0 aromatic carbocycles. The summed E-state index contributed by atoms with van der Waals surface area (Å²) in [5, 5.41) is 0. The van der Waals surface area contributed by atoms with E-state index in [4.69, 9.17) is 10.3 Å². The molecule has 74 valence electrons. The predicted molar refractivity (Wildman–Crippen MR) is 46.1 cm³/mol. The number of nitrogens with two attached hydrogens (primary N) is 1. The summed E-state index contributed by atoms with van der Waals surface area (Å²) in [6, 6.07) is 0. The first-order chi connectivity index (χ1) is 5.18. The lowest BCUT2D eigenvalue weighted by atomic mass is 10.1. The fourth-order valence-electron chi connectivity index (χ4n) is 0.201. The van der Waals surface area contributed by atoms with Crippen LogP contribution in [0.1, 0.15) is 20.3 Å². The van der Waals surface area contributed by atoms with Crippen LogP contribution in [0, 0.1) is 5.92 Å². The molecule has 0 aliphatic rings. The Labute approximate surface area is 72.7 Å². The average Bonchev–Trinajstić information content (AvgIpc) is 1.82. The van der Waals surface area contributed by atoms with Crippen LogP contribution in [0.4, 0.5) is 0 Å². The number of carbonyl (C=O) groups is 1. The molecule has 1 unspecified atom stereocenters. The Hall–Kier alpha value is -0.620. The third-order valence-electron chi connectivity index (χ3n) is 1.10. The van der Waals surface area contributed by atoms with Crippen LogP contribution in [0.25, 0.3) is 0 Å². The Morgan fingerprint density at radius 1 is 1.58 bits per heavy atom. The van der Waals surface area contributed by atoms with E-state index in [0.717, 1.165) is 6.42 Å². The SMILES string of the molecule is CCC(C)C(N)=O.CS(=O)(=O)O. The molecule has 0 aliphatic carbocycles. The van der Waals surface area contributed by atoms with Gasteiger partial charge in [0.05, 0.1) is 6.26 Å². The summed E-state index contributed by atoms with van der Waals surface area (Å²) in [4.78, 5) is 10.2. The lowest BCUT2D eigenvalue weighted by Crippen LogP contribution is -2.19. The van der Waals surface area contributed by atoms with Gasteiger partial charge in [-0.05, 0) is 6.42 Å². The van der Waals surface area contributed by atoms with Gasteiger partial charge in [-0.25, -0.2) is 0 Å². The first kappa shape index (κ1) is 13.9. The van der Waals surface area contributed by atoms with Gasteiger partial charge >= 0.3 is 0 Å². The normalized spacial score (nSPS) is 12.7. The lowest BCUT2D eigenvalue weighted by Gasteiger charge is -1.98. The molecule has 0 aliphatic heterocycles. The summed E-state index contributed by atoms with van der Waals surface area (Å²) in [7, 11) is -3.67. The number of rotatable bonds is 2. The fraction of sp³-hybridized carbons (Fsp3) is 0.833. The van der Waals surface area contributed by atoms with Crippen LogP contribution in [-0.2, 0) is 14.9 Å². The van der Waals surface area contributed by atoms with Gasteiger partial charge in [0.15, 0.2) is 0 Å². The highest BCUT2D eigenvalue weighted by atomic mass is 32.2. The highest BCUT2D eigenvalue weighted by Crippen LogP contribution is 1.96. The van der Waals surface area contributed by atoms with Crippen molar-refractivity contribution in [3.05, 3.63) is 0 Å². The minimum atomic E-state index is -3.67. The van der Waals surface area contributed by atoms with Crippen molar-refractivity contribution in [3.8, 4) is 0 Å². The summed E-state index contributed by atoms with van der Waals surface area (Å²) >= 11 is 0. The first-order valence-corrected chi connectivity index (χ1v) is 5.25. The molecule has 0 saturated carbocycles. The second-order valence-electron chi connectivity index (χ2n) is 2.44. The fourth-order valence-corrected chi connectivity index (χ4v) is 0.201. The van der Waals surface area contributed by atoms with Gasteiger partial charge in [0, 0.05) is 5.92 Å². The topological polar surface area (TPSA) is 97.5 Å². The Kier molecular flexibility index (Phi) is 6.92. The first-order valence-electron chi connectivity index (χ1n) is 3.40. The third-order valence-corrected chi connectivity index (χ3v) is 1.10. The Morgan fingerprint density at radius 3 is 1.83 bits per heavy atom. The van der Waals surface area contributed by atoms with E-state index in [9.17, 15) is 13.2 Å². The smallest absolute Gasteiger partial charge is 0.261 e. The molecule has 0 aromatic heterocycles. The van der Waals surface area contributed by atoms with Crippen molar-refractivity contribution < 1.29 is 17.8 Å². The molecule has 6 heteroatoms. The van der Waals surface area contributed by atoms with Gasteiger partial charge in [-0.3, -0.25) is 9.35 Å². The molecule has 0 bridgehead atoms. The minimum Gasteiger partial charge on any atom is -0.369 e. The van der Waals surface area contributed by atoms with E-state index < -0.39 is 10.1 Å². The van der Waals surface area contributed by atoms with E-state index in [0.29, 0.717) is 6.26 Å². The van der Waals surface area contributed by atoms with E-state index in [1.54, 1.807) is 0 Å². The molecule has 0 radical (unpaired) electrons. The molecule has 0 fully saturated rings. The number of carbonyl (C=O) groups excluding carboxylic acids is 1. The summed E-state index contributed by atoms with van der Waals surface area (Å²) in [6.45, 7) is 3.76. The quantitative estimate of drug-likeness (QED) is 0.610. The van der Waals surface area contributed by atoms with Crippen molar-refractivity contribution in [1.82, 2.24) is 0 Å². The molecule has 0 aromatic rings. The van der Waals surface area contributed by atoms with Crippen molar-refractivity contribution in [1.29, 1.82) is 0 Å². The van der Waals surface area contributed by atoms with Gasteiger partial charge in [-0.2, -0.15) is 8.42 Å². The van der Waals surface area contributed by atoms with Gasteiger partial charge < -0.3 is 5.73 Å². The van der Waals surface area contributed by atoms with Crippen LogP contribution in [0.5, 0.6) is 0 Å². The maximum Gasteiger partial charge on any atom is 0.261 e. The standard InChI is InChI=1S/C5H11NO.CH4O3S/c1-3-4(2)5(6)7;1-5(2,3)4/h4H,3H2,1-2H3,(H2,6,7);1H3,(H,2,3,4). The zero-order valence-electron chi connectivity index (χ0n) is 7.44. The molecule has 5 nitrogen and oxygen atoms in total. The molecule has 12 heavy (non-hydrogen) atoms. The van der Waals surface area contributed by atoms with Crippen molar-refractivity contribution in [2.75, 3.05) is 6.26 Å². The summed E-state index contributed by atoms with van der Waals surface area (Å²) in [5.74, 6) is -0.164. The highest BCUT2D eigenvalue weighted by Gasteiger charge is 2.02. The van der Waals surface area contributed by atoms with Crippen LogP contribution in [0.3, 0.4) is 0 Å². The molecule has 1 atom stereocenters. The van der Waals surface area contributed by atoms with E-state index in [2.05, 4.69) is 0 Å². The maximum atomic E-state index is 10.2. The van der Waals surface area contributed by atoms with E-state index >= 15 is 0 Å². The Morgan fingerprint density at radius 2 is 1.83 bits per heavy atom. The molecule has 0 heterocycles. The van der Waals surface area contributed by atoms with Gasteiger partial charge in [0.1, 0.15) is 0 Å². The zero-order chi connectivity index (χ0) is 10.4. The van der Waals surface area contributed by atoms with E-state index in [-0.39, 0.29) is 11.8 Å². The summed E-state index contributed by atoms with van der Waals surface area (Å²) in [5.41, 5.74) is 4.91. The van der Waals surface area contributed by atoms with Crippen molar-refractivity contribution in [2.24, 2.45) is 11.7 Å². The second kappa shape index (κ2) is 5.96. The van der Waals surface area contributed by atoms with Gasteiger partial charge in [0.2, 0.25) is 5.91 Å². The number of hydrogen-bond acceptors (Lipinski definition) is 3. The lowest BCUT2D eigenvalue weighted by molar-refractivity contribution is -0.121. The van der Waals surface area contributed by atoms with Crippen molar-refractivity contribution >= 4 is 16.0 Å². The molecule has 1 amide bonds. The minimum absolute atomic E-state index is 0.0417. The molecule has 3 N–H and O–H groups in total. The number of primary amides is 1. The molecular weight excluding hydrogens is 182 g/mol. The van der Waals surface area contributed by atoms with Gasteiger partial charge in [0.25, 0.3) is 10.1 Å². The molecule has 0 rings (SSSR count). The Balaban J connectivity index is 0. The summed E-state index contributed by atoms with van der Waals surface area (Å²) < 4.78 is 25.9. The Bertz CT molecular complexity index is 214. The van der Waals surface area contributed by atoms with Crippen LogP contribution in [0.2, 0.25) is 0 Å². The van der Waals surface area contributed by atoms with Crippen LogP contribution in [0.15, 0.2) is 0 Å². The van der Waals surface area contributed by atoms with Crippen molar-refractivity contribution in [3.63, 3.8) is 0 Å². The second-order valence-corrected chi connectivity index (χ2v) is 3.91.